The molecule has 2 nitrogen and oxygen atoms in total. The summed E-state index contributed by atoms with van der Waals surface area (Å²) in [6.45, 7) is 8.12. The summed E-state index contributed by atoms with van der Waals surface area (Å²) in [7, 11) is 0. The predicted octanol–water partition coefficient (Wildman–Crippen LogP) is 2.13. The topological polar surface area (TPSA) is 15.3 Å². The molecule has 2 heterocycles. The van der Waals surface area contributed by atoms with Gasteiger partial charge in [-0.15, -0.1) is 11.8 Å². The first-order valence-corrected chi connectivity index (χ1v) is 7.41. The Morgan fingerprint density at radius 2 is 2.18 bits per heavy atom. The van der Waals surface area contributed by atoms with E-state index in [0.29, 0.717) is 0 Å². The number of hydrogen-bond acceptors (Lipinski definition) is 3. The average Bonchev–Trinajstić information content (AvgIpc) is 2.72. The molecular formula is C14H20N2S. The maximum Gasteiger partial charge on any atom is 0.0237 e. The number of nitrogens with zero attached hydrogens (tertiary/aromatic N) is 1. The third-order valence-electron chi connectivity index (χ3n) is 3.65. The largest absolute Gasteiger partial charge is 0.314 e. The molecule has 0 saturated carbocycles. The summed E-state index contributed by atoms with van der Waals surface area (Å²) in [5, 5.41) is 4.17. The molecule has 3 heteroatoms. The first-order chi connectivity index (χ1) is 8.33. The summed E-state index contributed by atoms with van der Waals surface area (Å²) < 4.78 is 0. The van der Waals surface area contributed by atoms with Gasteiger partial charge in [-0.25, -0.2) is 0 Å². The van der Waals surface area contributed by atoms with Crippen LogP contribution in [-0.2, 0) is 13.0 Å². The number of benzene rings is 1. The van der Waals surface area contributed by atoms with Gasteiger partial charge < -0.3 is 5.32 Å². The van der Waals surface area contributed by atoms with Gasteiger partial charge in [0.25, 0.3) is 0 Å². The minimum Gasteiger partial charge on any atom is -0.314 e. The zero-order valence-electron chi connectivity index (χ0n) is 10.4. The van der Waals surface area contributed by atoms with Gasteiger partial charge >= 0.3 is 0 Å². The summed E-state index contributed by atoms with van der Waals surface area (Å²) in [6.07, 6.45) is 1.25. The molecule has 0 spiro atoms. The third kappa shape index (κ3) is 2.51. The van der Waals surface area contributed by atoms with Gasteiger partial charge in [-0.3, -0.25) is 4.90 Å². The highest BCUT2D eigenvalue weighted by atomic mass is 32.2. The molecule has 1 N–H and O–H groups in total. The first kappa shape index (κ1) is 11.6. The molecule has 1 fully saturated rings. The van der Waals surface area contributed by atoms with Crippen LogP contribution in [0, 0.1) is 0 Å². The van der Waals surface area contributed by atoms with E-state index in [1.165, 1.54) is 24.4 Å². The molecule has 1 saturated heterocycles. The Morgan fingerprint density at radius 3 is 3.00 bits per heavy atom. The quantitative estimate of drug-likeness (QED) is 0.863. The smallest absolute Gasteiger partial charge is 0.0237 e. The summed E-state index contributed by atoms with van der Waals surface area (Å²) in [6, 6.07) is 6.83. The second-order valence-corrected chi connectivity index (χ2v) is 6.53. The molecule has 1 aromatic rings. The summed E-state index contributed by atoms with van der Waals surface area (Å²) in [4.78, 5) is 4.09. The molecule has 0 bridgehead atoms. The number of fused-ring (bicyclic) bond motifs is 1. The van der Waals surface area contributed by atoms with Crippen LogP contribution in [0.4, 0.5) is 0 Å². The van der Waals surface area contributed by atoms with E-state index in [-0.39, 0.29) is 0 Å². The second kappa shape index (κ2) is 5.01. The van der Waals surface area contributed by atoms with Crippen molar-refractivity contribution in [2.75, 3.05) is 26.2 Å². The molecule has 1 atom stereocenters. The SMILES string of the molecule is CC1Cc2c(CN3CCNCC3)cccc2S1. The van der Waals surface area contributed by atoms with E-state index >= 15 is 0 Å². The van der Waals surface area contributed by atoms with Crippen LogP contribution in [0.2, 0.25) is 0 Å². The lowest BCUT2D eigenvalue weighted by molar-refractivity contribution is 0.232. The van der Waals surface area contributed by atoms with E-state index in [1.54, 1.807) is 11.1 Å². The number of nitrogens with one attached hydrogen (secondary N) is 1. The lowest BCUT2D eigenvalue weighted by Crippen LogP contribution is -2.43. The second-order valence-electron chi connectivity index (χ2n) is 5.05. The van der Waals surface area contributed by atoms with Crippen LogP contribution in [-0.4, -0.2) is 36.3 Å². The van der Waals surface area contributed by atoms with E-state index in [4.69, 9.17) is 0 Å². The highest BCUT2D eigenvalue weighted by Gasteiger charge is 2.22. The highest BCUT2D eigenvalue weighted by Crippen LogP contribution is 2.38. The van der Waals surface area contributed by atoms with Crippen LogP contribution in [0.25, 0.3) is 0 Å². The zero-order chi connectivity index (χ0) is 11.7. The molecule has 0 radical (unpaired) electrons. The van der Waals surface area contributed by atoms with E-state index in [2.05, 4.69) is 35.3 Å². The van der Waals surface area contributed by atoms with Crippen molar-refractivity contribution >= 4 is 11.8 Å². The fraction of sp³-hybridized carbons (Fsp3) is 0.571. The lowest BCUT2D eigenvalue weighted by Gasteiger charge is -2.27. The number of piperazine rings is 1. The van der Waals surface area contributed by atoms with Crippen LogP contribution >= 0.6 is 11.8 Å². The van der Waals surface area contributed by atoms with Crippen molar-refractivity contribution in [3.05, 3.63) is 29.3 Å². The van der Waals surface area contributed by atoms with Crippen molar-refractivity contribution in [2.24, 2.45) is 0 Å². The van der Waals surface area contributed by atoms with Crippen molar-refractivity contribution in [2.45, 2.75) is 30.0 Å². The number of hydrogen-bond donors (Lipinski definition) is 1. The van der Waals surface area contributed by atoms with Crippen molar-refractivity contribution in [3.8, 4) is 0 Å². The van der Waals surface area contributed by atoms with E-state index in [9.17, 15) is 0 Å². The zero-order valence-corrected chi connectivity index (χ0v) is 11.2. The Bertz CT molecular complexity index is 399. The van der Waals surface area contributed by atoms with Crippen LogP contribution in [0.5, 0.6) is 0 Å². The summed E-state index contributed by atoms with van der Waals surface area (Å²) in [5.74, 6) is 0. The van der Waals surface area contributed by atoms with E-state index in [0.717, 1.165) is 24.9 Å². The molecule has 17 heavy (non-hydrogen) atoms. The minimum absolute atomic E-state index is 0.758. The normalized spacial score (nSPS) is 24.9. The molecule has 2 aliphatic rings. The average molecular weight is 248 g/mol. The van der Waals surface area contributed by atoms with Gasteiger partial charge in [-0.1, -0.05) is 19.1 Å². The van der Waals surface area contributed by atoms with E-state index in [1.807, 2.05) is 11.8 Å². The van der Waals surface area contributed by atoms with Gasteiger partial charge in [-0.2, -0.15) is 0 Å². The fourth-order valence-corrected chi connectivity index (χ4v) is 3.95. The minimum atomic E-state index is 0.758. The summed E-state index contributed by atoms with van der Waals surface area (Å²) in [5.41, 5.74) is 3.17. The Balaban J connectivity index is 1.77. The van der Waals surface area contributed by atoms with Gasteiger partial charge in [0.15, 0.2) is 0 Å². The number of thioether (sulfide) groups is 1. The standard InChI is InChI=1S/C14H20N2S/c1-11-9-13-12(3-2-4-14(13)17-11)10-16-7-5-15-6-8-16/h2-4,11,15H,5-10H2,1H3. The fourth-order valence-electron chi connectivity index (χ4n) is 2.76. The molecule has 1 unspecified atom stereocenters. The Kier molecular flexibility index (Phi) is 3.41. The summed E-state index contributed by atoms with van der Waals surface area (Å²) >= 11 is 2.04. The molecule has 0 aliphatic carbocycles. The molecular weight excluding hydrogens is 228 g/mol. The molecule has 1 aromatic carbocycles. The Morgan fingerprint density at radius 1 is 1.35 bits per heavy atom. The lowest BCUT2D eigenvalue weighted by atomic mass is 10.0. The Hall–Kier alpha value is -0.510. The van der Waals surface area contributed by atoms with Crippen LogP contribution in [0.3, 0.4) is 0 Å². The Labute approximate surface area is 108 Å². The number of rotatable bonds is 2. The third-order valence-corrected chi connectivity index (χ3v) is 4.86. The van der Waals surface area contributed by atoms with Crippen LogP contribution < -0.4 is 5.32 Å². The van der Waals surface area contributed by atoms with E-state index < -0.39 is 0 Å². The predicted molar refractivity (Wildman–Crippen MR) is 73.6 cm³/mol. The van der Waals surface area contributed by atoms with Crippen LogP contribution in [0.15, 0.2) is 23.1 Å². The van der Waals surface area contributed by atoms with Crippen molar-refractivity contribution in [1.82, 2.24) is 10.2 Å². The molecule has 2 aliphatic heterocycles. The van der Waals surface area contributed by atoms with Gasteiger partial charge in [-0.05, 0) is 23.6 Å². The first-order valence-electron chi connectivity index (χ1n) is 6.53. The molecule has 0 aromatic heterocycles. The van der Waals surface area contributed by atoms with Gasteiger partial charge in [0, 0.05) is 42.9 Å². The van der Waals surface area contributed by atoms with Crippen molar-refractivity contribution in [3.63, 3.8) is 0 Å². The molecule has 92 valence electrons. The maximum absolute atomic E-state index is 3.41. The molecule has 0 amide bonds. The van der Waals surface area contributed by atoms with Crippen LogP contribution in [0.1, 0.15) is 18.1 Å². The highest BCUT2D eigenvalue weighted by molar-refractivity contribution is 8.00. The maximum atomic E-state index is 3.41. The van der Waals surface area contributed by atoms with Crippen molar-refractivity contribution < 1.29 is 0 Å². The molecule has 3 rings (SSSR count). The van der Waals surface area contributed by atoms with Gasteiger partial charge in [0.05, 0.1) is 0 Å². The monoisotopic (exact) mass is 248 g/mol. The van der Waals surface area contributed by atoms with Gasteiger partial charge in [0.1, 0.15) is 0 Å². The van der Waals surface area contributed by atoms with Gasteiger partial charge in [0.2, 0.25) is 0 Å². The van der Waals surface area contributed by atoms with Crippen molar-refractivity contribution in [1.29, 1.82) is 0 Å².